The Balaban J connectivity index is 1.72. The number of rotatable bonds is 7. The van der Waals surface area contributed by atoms with Crippen LogP contribution in [-0.4, -0.2) is 20.7 Å². The number of aryl methyl sites for hydroxylation is 1. The van der Waals surface area contributed by atoms with Crippen LogP contribution in [0.15, 0.2) is 40.4 Å². The molecule has 7 nitrogen and oxygen atoms in total. The number of nitrogens with zero attached hydrogens (tertiary/aromatic N) is 4. The van der Waals surface area contributed by atoms with Crippen molar-refractivity contribution in [2.45, 2.75) is 40.8 Å². The molecule has 1 aromatic carbocycles. The van der Waals surface area contributed by atoms with E-state index < -0.39 is 5.97 Å². The lowest BCUT2D eigenvalue weighted by Gasteiger charge is -2.12. The predicted molar refractivity (Wildman–Crippen MR) is 117 cm³/mol. The molecule has 0 unspecified atom stereocenters. The molecular weight excluding hydrogens is 416 g/mol. The summed E-state index contributed by atoms with van der Waals surface area (Å²) in [5.41, 5.74) is 3.37. The maximum Gasteiger partial charge on any atom is 0.349 e. The van der Waals surface area contributed by atoms with Gasteiger partial charge in [-0.2, -0.15) is 10.2 Å². The molecule has 2 aromatic heterocycles. The predicted octanol–water partition coefficient (Wildman–Crippen LogP) is 5.11. The van der Waals surface area contributed by atoms with Gasteiger partial charge in [0.1, 0.15) is 11.6 Å². The van der Waals surface area contributed by atoms with Crippen molar-refractivity contribution < 1.29 is 14.1 Å². The fourth-order valence-corrected chi connectivity index (χ4v) is 3.39. The number of carbonyl (C=O) groups excluding carboxylic acids is 1. The molecule has 8 heteroatoms. The van der Waals surface area contributed by atoms with Crippen molar-refractivity contribution in [2.75, 3.05) is 0 Å². The first kappa shape index (κ1) is 22.3. The molecule has 0 aliphatic heterocycles. The quantitative estimate of drug-likeness (QED) is 0.289. The van der Waals surface area contributed by atoms with E-state index in [4.69, 9.17) is 20.9 Å². The van der Waals surface area contributed by atoms with Crippen molar-refractivity contribution in [1.82, 2.24) is 14.7 Å². The Morgan fingerprint density at radius 2 is 2.10 bits per heavy atom. The summed E-state index contributed by atoms with van der Waals surface area (Å²) in [5.74, 6) is 0.133. The zero-order valence-corrected chi connectivity index (χ0v) is 18.6. The van der Waals surface area contributed by atoms with Crippen LogP contribution < -0.4 is 0 Å². The van der Waals surface area contributed by atoms with Crippen LogP contribution >= 0.6 is 11.6 Å². The molecule has 0 atom stereocenters. The van der Waals surface area contributed by atoms with Gasteiger partial charge in [0, 0.05) is 17.9 Å². The third-order valence-corrected chi connectivity index (χ3v) is 5.04. The normalized spacial score (nSPS) is 11.6. The van der Waals surface area contributed by atoms with Crippen molar-refractivity contribution in [2.24, 2.45) is 5.92 Å². The number of hydrogen-bond donors (Lipinski definition) is 0. The van der Waals surface area contributed by atoms with Crippen LogP contribution in [0.25, 0.3) is 17.5 Å². The van der Waals surface area contributed by atoms with Crippen molar-refractivity contribution in [3.63, 3.8) is 0 Å². The minimum atomic E-state index is -0.750. The Morgan fingerprint density at radius 1 is 1.35 bits per heavy atom. The number of aromatic nitrogens is 3. The Hall–Kier alpha value is -3.37. The minimum Gasteiger partial charge on any atom is -0.453 e. The molecule has 0 radical (unpaired) electrons. The summed E-state index contributed by atoms with van der Waals surface area (Å²) in [6.07, 6.45) is 1.55. The average Bonchev–Trinajstić information content (AvgIpc) is 3.30. The topological polar surface area (TPSA) is 93.9 Å². The minimum absolute atomic E-state index is 0.0976. The molecule has 0 saturated carbocycles. The number of ether oxygens (including phenoxy) is 1. The number of benzene rings is 1. The molecule has 0 fully saturated rings. The molecule has 3 rings (SSSR count). The van der Waals surface area contributed by atoms with Crippen molar-refractivity contribution in [3.05, 3.63) is 63.7 Å². The van der Waals surface area contributed by atoms with Crippen LogP contribution in [0, 0.1) is 31.1 Å². The molecule has 0 amide bonds. The third kappa shape index (κ3) is 5.22. The molecule has 160 valence electrons. The molecule has 2 heterocycles. The summed E-state index contributed by atoms with van der Waals surface area (Å²) in [4.78, 5) is 16.6. The van der Waals surface area contributed by atoms with Crippen molar-refractivity contribution in [3.8, 4) is 17.5 Å². The molecule has 31 heavy (non-hydrogen) atoms. The first-order chi connectivity index (χ1) is 14.8. The lowest BCUT2D eigenvalue weighted by Crippen LogP contribution is -2.08. The van der Waals surface area contributed by atoms with E-state index in [-0.39, 0.29) is 23.9 Å². The summed E-state index contributed by atoms with van der Waals surface area (Å²) in [5, 5.41) is 13.7. The molecule has 0 saturated heterocycles. The van der Waals surface area contributed by atoms with E-state index in [0.717, 1.165) is 23.5 Å². The standard InChI is InChI=1S/C23H23ClN4O3/c1-14(2)12-28-15(3)9-17(16(28)4)10-18(11-25)23(29)30-13-21-26-22(31-27-21)19-7-5-6-8-20(19)24/h5-10,14H,12-13H2,1-4H3/b18-10+. The van der Waals surface area contributed by atoms with Crippen LogP contribution in [0.1, 0.15) is 36.6 Å². The van der Waals surface area contributed by atoms with Gasteiger partial charge in [0.25, 0.3) is 5.89 Å². The highest BCUT2D eigenvalue weighted by Crippen LogP contribution is 2.26. The lowest BCUT2D eigenvalue weighted by atomic mass is 10.1. The second-order valence-electron chi connectivity index (χ2n) is 7.57. The van der Waals surface area contributed by atoms with Gasteiger partial charge in [0.2, 0.25) is 5.82 Å². The maximum absolute atomic E-state index is 12.4. The van der Waals surface area contributed by atoms with Gasteiger partial charge in [-0.05, 0) is 49.6 Å². The molecule has 0 aliphatic carbocycles. The van der Waals surface area contributed by atoms with Crippen LogP contribution in [-0.2, 0) is 22.7 Å². The van der Waals surface area contributed by atoms with E-state index in [1.54, 1.807) is 30.3 Å². The second kappa shape index (κ2) is 9.63. The number of nitriles is 1. The molecule has 0 spiro atoms. The van der Waals surface area contributed by atoms with E-state index in [0.29, 0.717) is 16.5 Å². The summed E-state index contributed by atoms with van der Waals surface area (Å²) in [6.45, 7) is 8.89. The number of carbonyl (C=O) groups is 1. The van der Waals surface area contributed by atoms with Crippen LogP contribution in [0.3, 0.4) is 0 Å². The Bertz CT molecular complexity index is 1170. The SMILES string of the molecule is Cc1cc(/C=C(\C#N)C(=O)OCc2noc(-c3ccccc3Cl)n2)c(C)n1CC(C)C. The highest BCUT2D eigenvalue weighted by atomic mass is 35.5. The fraction of sp³-hybridized carbons (Fsp3) is 0.304. The van der Waals surface area contributed by atoms with Crippen LogP contribution in [0.4, 0.5) is 0 Å². The van der Waals surface area contributed by atoms with Gasteiger partial charge in [0.05, 0.1) is 10.6 Å². The zero-order chi connectivity index (χ0) is 22.5. The Labute approximate surface area is 185 Å². The fourth-order valence-electron chi connectivity index (χ4n) is 3.18. The van der Waals surface area contributed by atoms with Gasteiger partial charge in [0.15, 0.2) is 6.61 Å². The average molecular weight is 439 g/mol. The number of halogens is 1. The third-order valence-electron chi connectivity index (χ3n) is 4.71. The van der Waals surface area contributed by atoms with Crippen molar-refractivity contribution >= 4 is 23.6 Å². The summed E-state index contributed by atoms with van der Waals surface area (Å²) in [7, 11) is 0. The van der Waals surface area contributed by atoms with Gasteiger partial charge >= 0.3 is 5.97 Å². The monoisotopic (exact) mass is 438 g/mol. The molecule has 0 N–H and O–H groups in total. The summed E-state index contributed by atoms with van der Waals surface area (Å²) < 4.78 is 12.6. The lowest BCUT2D eigenvalue weighted by molar-refractivity contribution is -0.139. The van der Waals surface area contributed by atoms with Gasteiger partial charge in [-0.15, -0.1) is 0 Å². The molecule has 0 bridgehead atoms. The molecule has 3 aromatic rings. The van der Waals surface area contributed by atoms with E-state index >= 15 is 0 Å². The van der Waals surface area contributed by atoms with Crippen molar-refractivity contribution in [1.29, 1.82) is 5.26 Å². The van der Waals surface area contributed by atoms with Gasteiger partial charge in [-0.1, -0.05) is 42.7 Å². The number of esters is 1. The van der Waals surface area contributed by atoms with Gasteiger partial charge in [-0.3, -0.25) is 0 Å². The first-order valence-corrected chi connectivity index (χ1v) is 10.2. The summed E-state index contributed by atoms with van der Waals surface area (Å²) in [6, 6.07) is 10.9. The van der Waals surface area contributed by atoms with Gasteiger partial charge < -0.3 is 13.8 Å². The summed E-state index contributed by atoms with van der Waals surface area (Å²) >= 11 is 6.13. The Morgan fingerprint density at radius 3 is 2.77 bits per heavy atom. The van der Waals surface area contributed by atoms with E-state index in [9.17, 15) is 10.1 Å². The Kier molecular flexibility index (Phi) is 6.93. The van der Waals surface area contributed by atoms with E-state index in [1.807, 2.05) is 26.0 Å². The molecule has 0 aliphatic rings. The van der Waals surface area contributed by atoms with Crippen LogP contribution in [0.5, 0.6) is 0 Å². The first-order valence-electron chi connectivity index (χ1n) is 9.83. The highest BCUT2D eigenvalue weighted by Gasteiger charge is 2.17. The highest BCUT2D eigenvalue weighted by molar-refractivity contribution is 6.33. The smallest absolute Gasteiger partial charge is 0.349 e. The maximum atomic E-state index is 12.4. The molecular formula is C23H23ClN4O3. The largest absolute Gasteiger partial charge is 0.453 e. The second-order valence-corrected chi connectivity index (χ2v) is 7.98. The van der Waals surface area contributed by atoms with E-state index in [2.05, 4.69) is 28.6 Å². The van der Waals surface area contributed by atoms with Crippen LogP contribution in [0.2, 0.25) is 5.02 Å². The van der Waals surface area contributed by atoms with Gasteiger partial charge in [-0.25, -0.2) is 4.79 Å². The zero-order valence-electron chi connectivity index (χ0n) is 17.8. The van der Waals surface area contributed by atoms with E-state index in [1.165, 1.54) is 0 Å². The number of hydrogen-bond acceptors (Lipinski definition) is 6.